The standard InChI is InChI=1S/C16H20ClO2/c1-11(15-9-12(15)2)5-4-8-19-16(18)13-6-3-7-14(17)10-13/h3,7,10-12,15H,4-5,8-9H2,1-2H3. The monoisotopic (exact) mass is 279 g/mol. The second-order valence-corrected chi connectivity index (χ2v) is 5.99. The Balaban J connectivity index is 1.66. The van der Waals surface area contributed by atoms with Crippen molar-refractivity contribution in [2.75, 3.05) is 6.61 Å². The second-order valence-electron chi connectivity index (χ2n) is 5.55. The predicted molar refractivity (Wildman–Crippen MR) is 76.2 cm³/mol. The van der Waals surface area contributed by atoms with Crippen LogP contribution in [0.1, 0.15) is 43.5 Å². The summed E-state index contributed by atoms with van der Waals surface area (Å²) in [5, 5.41) is 0.530. The van der Waals surface area contributed by atoms with Crippen molar-refractivity contribution in [3.63, 3.8) is 0 Å². The molecular formula is C16H20ClO2. The van der Waals surface area contributed by atoms with E-state index in [1.807, 2.05) is 0 Å². The van der Waals surface area contributed by atoms with Gasteiger partial charge < -0.3 is 4.74 Å². The average molecular weight is 280 g/mol. The van der Waals surface area contributed by atoms with Gasteiger partial charge in [0.25, 0.3) is 0 Å². The molecule has 0 heterocycles. The van der Waals surface area contributed by atoms with Crippen LogP contribution in [0.3, 0.4) is 0 Å². The van der Waals surface area contributed by atoms with E-state index in [0.717, 1.165) is 30.6 Å². The van der Waals surface area contributed by atoms with Gasteiger partial charge in [-0.15, -0.1) is 0 Å². The summed E-state index contributed by atoms with van der Waals surface area (Å²) >= 11 is 5.82. The summed E-state index contributed by atoms with van der Waals surface area (Å²) in [6.07, 6.45) is 3.41. The van der Waals surface area contributed by atoms with Gasteiger partial charge in [-0.3, -0.25) is 0 Å². The Labute approximate surface area is 120 Å². The van der Waals surface area contributed by atoms with Gasteiger partial charge in [-0.05, 0) is 55.2 Å². The molecule has 2 nitrogen and oxygen atoms in total. The minimum absolute atomic E-state index is 0.338. The van der Waals surface area contributed by atoms with E-state index >= 15 is 0 Å². The second kappa shape index (κ2) is 6.42. The third-order valence-corrected chi connectivity index (χ3v) is 4.16. The van der Waals surface area contributed by atoms with Crippen LogP contribution in [-0.4, -0.2) is 12.6 Å². The highest BCUT2D eigenvalue weighted by Gasteiger charge is 2.36. The molecule has 1 aliphatic rings. The fraction of sp³-hybridized carbons (Fsp3) is 0.562. The number of rotatable bonds is 6. The lowest BCUT2D eigenvalue weighted by Gasteiger charge is -2.10. The van der Waals surface area contributed by atoms with Crippen molar-refractivity contribution in [3.8, 4) is 0 Å². The zero-order chi connectivity index (χ0) is 13.8. The lowest BCUT2D eigenvalue weighted by molar-refractivity contribution is 0.0492. The van der Waals surface area contributed by atoms with Crippen LogP contribution >= 0.6 is 11.6 Å². The molecule has 2 rings (SSSR count). The molecule has 0 saturated heterocycles. The first-order valence-electron chi connectivity index (χ1n) is 6.92. The van der Waals surface area contributed by atoms with Crippen LogP contribution in [0.4, 0.5) is 0 Å². The maximum Gasteiger partial charge on any atom is 0.338 e. The van der Waals surface area contributed by atoms with E-state index in [-0.39, 0.29) is 5.97 Å². The Morgan fingerprint density at radius 2 is 2.37 bits per heavy atom. The molecule has 103 valence electrons. The number of halogens is 1. The Morgan fingerprint density at radius 1 is 1.63 bits per heavy atom. The summed E-state index contributed by atoms with van der Waals surface area (Å²) in [4.78, 5) is 11.7. The molecule has 0 aliphatic heterocycles. The van der Waals surface area contributed by atoms with Gasteiger partial charge in [-0.2, -0.15) is 0 Å². The van der Waals surface area contributed by atoms with E-state index in [4.69, 9.17) is 16.3 Å². The van der Waals surface area contributed by atoms with Gasteiger partial charge in [0, 0.05) is 5.02 Å². The smallest absolute Gasteiger partial charge is 0.338 e. The summed E-state index contributed by atoms with van der Waals surface area (Å²) in [5.41, 5.74) is 0.399. The largest absolute Gasteiger partial charge is 0.462 e. The van der Waals surface area contributed by atoms with Crippen molar-refractivity contribution in [1.29, 1.82) is 0 Å². The van der Waals surface area contributed by atoms with Crippen molar-refractivity contribution in [2.24, 2.45) is 17.8 Å². The van der Waals surface area contributed by atoms with Crippen molar-refractivity contribution >= 4 is 17.6 Å². The average Bonchev–Trinajstić information content (AvgIpc) is 3.11. The first-order valence-corrected chi connectivity index (χ1v) is 7.30. The van der Waals surface area contributed by atoms with Crippen LogP contribution in [-0.2, 0) is 4.74 Å². The van der Waals surface area contributed by atoms with Crippen LogP contribution in [0, 0.1) is 23.8 Å². The molecule has 1 fully saturated rings. The van der Waals surface area contributed by atoms with Gasteiger partial charge in [0.1, 0.15) is 0 Å². The van der Waals surface area contributed by atoms with Crippen molar-refractivity contribution < 1.29 is 9.53 Å². The maximum absolute atomic E-state index is 11.7. The number of benzene rings is 1. The van der Waals surface area contributed by atoms with E-state index < -0.39 is 0 Å². The number of hydrogen-bond donors (Lipinski definition) is 0. The highest BCUT2D eigenvalue weighted by molar-refractivity contribution is 6.30. The Bertz CT molecular complexity index is 444. The van der Waals surface area contributed by atoms with Crippen LogP contribution in [0.2, 0.25) is 5.02 Å². The summed E-state index contributed by atoms with van der Waals surface area (Å²) in [6.45, 7) is 5.07. The Hall–Kier alpha value is -1.02. The third-order valence-electron chi connectivity index (χ3n) is 3.92. The first-order chi connectivity index (χ1) is 9.08. The zero-order valence-electron chi connectivity index (χ0n) is 11.5. The fourth-order valence-electron chi connectivity index (χ4n) is 2.56. The van der Waals surface area contributed by atoms with Gasteiger partial charge in [0.15, 0.2) is 0 Å². The minimum atomic E-state index is -0.338. The van der Waals surface area contributed by atoms with Crippen LogP contribution < -0.4 is 0 Å². The molecule has 1 aromatic carbocycles. The van der Waals surface area contributed by atoms with E-state index in [2.05, 4.69) is 19.9 Å². The number of esters is 1. The molecule has 1 aliphatic carbocycles. The molecule has 1 aromatic rings. The molecule has 1 saturated carbocycles. The molecule has 0 aromatic heterocycles. The predicted octanol–water partition coefficient (Wildman–Crippen LogP) is 4.37. The van der Waals surface area contributed by atoms with Crippen molar-refractivity contribution in [3.05, 3.63) is 34.9 Å². The maximum atomic E-state index is 11.7. The molecular weight excluding hydrogens is 260 g/mol. The lowest BCUT2D eigenvalue weighted by atomic mass is 9.99. The molecule has 0 spiro atoms. The van der Waals surface area contributed by atoms with Gasteiger partial charge in [0.05, 0.1) is 12.2 Å². The Morgan fingerprint density at radius 3 is 3.00 bits per heavy atom. The molecule has 0 amide bonds. The highest BCUT2D eigenvalue weighted by Crippen LogP contribution is 2.45. The summed E-state index contributed by atoms with van der Waals surface area (Å²) in [6, 6.07) is 7.74. The van der Waals surface area contributed by atoms with Crippen LogP contribution in [0.15, 0.2) is 18.2 Å². The van der Waals surface area contributed by atoms with E-state index in [1.165, 1.54) is 6.42 Å². The third kappa shape index (κ3) is 4.24. The van der Waals surface area contributed by atoms with E-state index in [0.29, 0.717) is 17.2 Å². The van der Waals surface area contributed by atoms with Gasteiger partial charge in [-0.25, -0.2) is 4.79 Å². The number of carbonyl (C=O) groups excluding carboxylic acids is 1. The lowest BCUT2D eigenvalue weighted by Crippen LogP contribution is -2.08. The van der Waals surface area contributed by atoms with Gasteiger partial charge >= 0.3 is 5.97 Å². The van der Waals surface area contributed by atoms with Crippen molar-refractivity contribution in [1.82, 2.24) is 0 Å². The van der Waals surface area contributed by atoms with Gasteiger partial charge in [-0.1, -0.05) is 31.5 Å². The molecule has 0 N–H and O–H groups in total. The van der Waals surface area contributed by atoms with Crippen molar-refractivity contribution in [2.45, 2.75) is 33.1 Å². The van der Waals surface area contributed by atoms with Crippen LogP contribution in [0.5, 0.6) is 0 Å². The van der Waals surface area contributed by atoms with E-state index in [1.54, 1.807) is 18.2 Å². The zero-order valence-corrected chi connectivity index (χ0v) is 12.2. The molecule has 3 heteroatoms. The number of carbonyl (C=O) groups is 1. The van der Waals surface area contributed by atoms with E-state index in [9.17, 15) is 4.79 Å². The summed E-state index contributed by atoms with van der Waals surface area (Å²) in [7, 11) is 0. The molecule has 0 bridgehead atoms. The fourth-order valence-corrected chi connectivity index (χ4v) is 2.73. The molecule has 19 heavy (non-hydrogen) atoms. The summed E-state index contributed by atoms with van der Waals surface area (Å²) in [5.74, 6) is 2.18. The Kier molecular flexibility index (Phi) is 4.87. The normalized spacial score (nSPS) is 22.9. The molecule has 3 unspecified atom stereocenters. The summed E-state index contributed by atoms with van der Waals surface area (Å²) < 4.78 is 5.23. The van der Waals surface area contributed by atoms with Gasteiger partial charge in [0.2, 0.25) is 0 Å². The quantitative estimate of drug-likeness (QED) is 0.571. The molecule has 3 atom stereocenters. The highest BCUT2D eigenvalue weighted by atomic mass is 35.5. The topological polar surface area (TPSA) is 26.3 Å². The first kappa shape index (κ1) is 14.4. The number of hydrogen-bond acceptors (Lipinski definition) is 2. The SMILES string of the molecule is CC(CCCOC(=O)c1[c]ccc(Cl)c1)C1CC1C. The minimum Gasteiger partial charge on any atom is -0.462 e. The van der Waals surface area contributed by atoms with Crippen LogP contribution in [0.25, 0.3) is 0 Å². The molecule has 1 radical (unpaired) electrons. The number of ether oxygens (including phenoxy) is 1.